The summed E-state index contributed by atoms with van der Waals surface area (Å²) in [6.07, 6.45) is 0.805. The molecule has 0 fully saturated rings. The number of amides is 1. The number of benzene rings is 3. The number of hydrogen-bond acceptors (Lipinski definition) is 3. The molecule has 3 aromatic carbocycles. The Hall–Kier alpha value is -3.60. The SMILES string of the molecule is COc1ccc(C2c3nc4ccccc4n3CC(=O)N2CCc2ccccc2)cc1. The Kier molecular flexibility index (Phi) is 4.71. The van der Waals surface area contributed by atoms with Gasteiger partial charge < -0.3 is 14.2 Å². The van der Waals surface area contributed by atoms with Crippen molar-refractivity contribution in [1.29, 1.82) is 0 Å². The van der Waals surface area contributed by atoms with E-state index in [-0.39, 0.29) is 11.9 Å². The minimum atomic E-state index is -0.228. The van der Waals surface area contributed by atoms with Crippen molar-refractivity contribution in [1.82, 2.24) is 14.5 Å². The van der Waals surface area contributed by atoms with Crippen LogP contribution in [0.3, 0.4) is 0 Å². The fraction of sp³-hybridized carbons (Fsp3) is 0.200. The summed E-state index contributed by atoms with van der Waals surface area (Å²) in [4.78, 5) is 20.2. The molecule has 5 rings (SSSR count). The van der Waals surface area contributed by atoms with Gasteiger partial charge in [-0.3, -0.25) is 4.79 Å². The molecule has 2 heterocycles. The molecule has 0 saturated heterocycles. The molecule has 150 valence electrons. The summed E-state index contributed by atoms with van der Waals surface area (Å²) in [6.45, 7) is 0.958. The zero-order valence-electron chi connectivity index (χ0n) is 16.9. The van der Waals surface area contributed by atoms with Gasteiger partial charge in [-0.05, 0) is 41.8 Å². The summed E-state index contributed by atoms with van der Waals surface area (Å²) in [5.74, 6) is 1.82. The average Bonchev–Trinajstić information content (AvgIpc) is 3.16. The first-order valence-electron chi connectivity index (χ1n) is 10.2. The summed E-state index contributed by atoms with van der Waals surface area (Å²) >= 11 is 0. The highest BCUT2D eigenvalue weighted by molar-refractivity contribution is 5.84. The zero-order valence-corrected chi connectivity index (χ0v) is 16.9. The minimum Gasteiger partial charge on any atom is -0.497 e. The second kappa shape index (κ2) is 7.67. The lowest BCUT2D eigenvalue weighted by molar-refractivity contribution is -0.135. The summed E-state index contributed by atoms with van der Waals surface area (Å²) in [5, 5.41) is 0. The van der Waals surface area contributed by atoms with Gasteiger partial charge in [0.1, 0.15) is 24.2 Å². The van der Waals surface area contributed by atoms with Gasteiger partial charge in [-0.2, -0.15) is 0 Å². The van der Waals surface area contributed by atoms with Gasteiger partial charge >= 0.3 is 0 Å². The quantitative estimate of drug-likeness (QED) is 0.507. The molecule has 4 aromatic rings. The summed E-state index contributed by atoms with van der Waals surface area (Å²) in [6, 6.07) is 26.0. The van der Waals surface area contributed by atoms with Crippen molar-refractivity contribution < 1.29 is 9.53 Å². The highest BCUT2D eigenvalue weighted by Crippen LogP contribution is 2.35. The van der Waals surface area contributed by atoms with Gasteiger partial charge in [0.15, 0.2) is 0 Å². The second-order valence-electron chi connectivity index (χ2n) is 7.54. The van der Waals surface area contributed by atoms with Crippen LogP contribution in [0.2, 0.25) is 0 Å². The number of nitrogens with zero attached hydrogens (tertiary/aromatic N) is 3. The Morgan fingerprint density at radius 3 is 2.47 bits per heavy atom. The van der Waals surface area contributed by atoms with Crippen molar-refractivity contribution in [2.75, 3.05) is 13.7 Å². The number of aromatic nitrogens is 2. The smallest absolute Gasteiger partial charge is 0.243 e. The molecule has 1 amide bonds. The van der Waals surface area contributed by atoms with Crippen LogP contribution in [0, 0.1) is 0 Å². The second-order valence-corrected chi connectivity index (χ2v) is 7.54. The van der Waals surface area contributed by atoms with Crippen molar-refractivity contribution in [3.63, 3.8) is 0 Å². The van der Waals surface area contributed by atoms with Crippen molar-refractivity contribution in [3.05, 3.63) is 95.8 Å². The van der Waals surface area contributed by atoms with E-state index in [4.69, 9.17) is 9.72 Å². The monoisotopic (exact) mass is 397 g/mol. The van der Waals surface area contributed by atoms with Crippen molar-refractivity contribution in [3.8, 4) is 5.75 Å². The third kappa shape index (κ3) is 3.22. The first kappa shape index (κ1) is 18.4. The molecule has 0 aliphatic carbocycles. The van der Waals surface area contributed by atoms with Gasteiger partial charge in [-0.1, -0.05) is 54.6 Å². The molecule has 5 heteroatoms. The molecule has 1 aliphatic rings. The van der Waals surface area contributed by atoms with Crippen LogP contribution in [0.4, 0.5) is 0 Å². The molecule has 1 aliphatic heterocycles. The molecule has 0 bridgehead atoms. The fourth-order valence-corrected chi connectivity index (χ4v) is 4.24. The lowest BCUT2D eigenvalue weighted by Crippen LogP contribution is -2.44. The van der Waals surface area contributed by atoms with Gasteiger partial charge in [0.25, 0.3) is 0 Å². The van der Waals surface area contributed by atoms with Crippen LogP contribution in [0.1, 0.15) is 23.0 Å². The largest absolute Gasteiger partial charge is 0.497 e. The highest BCUT2D eigenvalue weighted by Gasteiger charge is 2.36. The maximum absolute atomic E-state index is 13.3. The third-order valence-electron chi connectivity index (χ3n) is 5.77. The van der Waals surface area contributed by atoms with Gasteiger partial charge in [0.2, 0.25) is 5.91 Å². The summed E-state index contributed by atoms with van der Waals surface area (Å²) in [7, 11) is 1.66. The molecule has 5 nitrogen and oxygen atoms in total. The Morgan fingerprint density at radius 1 is 0.967 bits per heavy atom. The predicted octanol–water partition coefficient (Wildman–Crippen LogP) is 4.22. The number of para-hydroxylation sites is 2. The number of rotatable bonds is 5. The Labute approximate surface area is 175 Å². The van der Waals surface area contributed by atoms with Crippen LogP contribution in [0.15, 0.2) is 78.9 Å². The average molecular weight is 397 g/mol. The van der Waals surface area contributed by atoms with E-state index in [9.17, 15) is 4.79 Å². The maximum atomic E-state index is 13.3. The minimum absolute atomic E-state index is 0.113. The molecule has 1 aromatic heterocycles. The van der Waals surface area contributed by atoms with E-state index in [1.807, 2.05) is 71.6 Å². The summed E-state index contributed by atoms with van der Waals surface area (Å²) in [5.41, 5.74) is 4.18. The highest BCUT2D eigenvalue weighted by atomic mass is 16.5. The van der Waals surface area contributed by atoms with Crippen LogP contribution in [-0.2, 0) is 17.8 Å². The molecular weight excluding hydrogens is 374 g/mol. The van der Waals surface area contributed by atoms with Crippen LogP contribution in [-0.4, -0.2) is 34.0 Å². The van der Waals surface area contributed by atoms with Crippen molar-refractivity contribution in [2.24, 2.45) is 0 Å². The van der Waals surface area contributed by atoms with Crippen LogP contribution >= 0.6 is 0 Å². The Bertz CT molecular complexity index is 1180. The predicted molar refractivity (Wildman–Crippen MR) is 116 cm³/mol. The molecular formula is C25H23N3O2. The molecule has 0 spiro atoms. The van der Waals surface area contributed by atoms with Crippen molar-refractivity contribution >= 4 is 16.9 Å². The van der Waals surface area contributed by atoms with E-state index in [0.29, 0.717) is 13.1 Å². The molecule has 0 radical (unpaired) electrons. The fourth-order valence-electron chi connectivity index (χ4n) is 4.24. The van der Waals surface area contributed by atoms with E-state index >= 15 is 0 Å². The van der Waals surface area contributed by atoms with Crippen LogP contribution < -0.4 is 4.74 Å². The Balaban J connectivity index is 1.58. The number of hydrogen-bond donors (Lipinski definition) is 0. The number of imidazole rings is 1. The number of carbonyl (C=O) groups is 1. The van der Waals surface area contributed by atoms with Gasteiger partial charge in [-0.25, -0.2) is 4.98 Å². The molecule has 1 unspecified atom stereocenters. The number of fused-ring (bicyclic) bond motifs is 3. The molecule has 0 saturated carbocycles. The topological polar surface area (TPSA) is 47.4 Å². The lowest BCUT2D eigenvalue weighted by atomic mass is 10.0. The van der Waals surface area contributed by atoms with Crippen molar-refractivity contribution in [2.45, 2.75) is 19.0 Å². The molecule has 1 atom stereocenters. The van der Waals surface area contributed by atoms with Gasteiger partial charge in [0, 0.05) is 6.54 Å². The van der Waals surface area contributed by atoms with E-state index in [1.54, 1.807) is 7.11 Å². The van der Waals surface area contributed by atoms with E-state index < -0.39 is 0 Å². The van der Waals surface area contributed by atoms with Crippen LogP contribution in [0.5, 0.6) is 5.75 Å². The number of methoxy groups -OCH3 is 1. The lowest BCUT2D eigenvalue weighted by Gasteiger charge is -2.36. The van der Waals surface area contributed by atoms with E-state index in [1.165, 1.54) is 5.56 Å². The Morgan fingerprint density at radius 2 is 1.70 bits per heavy atom. The first-order chi connectivity index (χ1) is 14.7. The molecule has 30 heavy (non-hydrogen) atoms. The van der Waals surface area contributed by atoms with Gasteiger partial charge in [-0.15, -0.1) is 0 Å². The summed E-state index contributed by atoms with van der Waals surface area (Å²) < 4.78 is 7.39. The number of ether oxygens (including phenoxy) is 1. The van der Waals surface area contributed by atoms with E-state index in [2.05, 4.69) is 16.7 Å². The van der Waals surface area contributed by atoms with Crippen LogP contribution in [0.25, 0.3) is 11.0 Å². The third-order valence-corrected chi connectivity index (χ3v) is 5.77. The maximum Gasteiger partial charge on any atom is 0.243 e. The normalized spacial score (nSPS) is 16.0. The first-order valence-corrected chi connectivity index (χ1v) is 10.2. The zero-order chi connectivity index (χ0) is 20.5. The van der Waals surface area contributed by atoms with Gasteiger partial charge in [0.05, 0.1) is 18.1 Å². The standard InChI is InChI=1S/C25H23N3O2/c1-30-20-13-11-19(12-14-20)24-25-26-21-9-5-6-10-22(21)28(25)17-23(29)27(24)16-15-18-7-3-2-4-8-18/h2-14,24H,15-17H2,1H3. The number of carbonyl (C=O) groups excluding carboxylic acids is 1. The molecule has 0 N–H and O–H groups in total. The van der Waals surface area contributed by atoms with E-state index in [0.717, 1.165) is 34.6 Å².